The SMILES string of the molecule is CNC(=O)c1ccc(C(F)(F)F)c2nc(-c3c[nH]c4c(F)c(F)c(F)cc34)ccc12. The molecule has 30 heavy (non-hydrogen) atoms. The van der Waals surface area contributed by atoms with Crippen LogP contribution in [0.5, 0.6) is 0 Å². The number of alkyl halides is 3. The highest BCUT2D eigenvalue weighted by atomic mass is 19.4. The molecule has 2 aromatic heterocycles. The van der Waals surface area contributed by atoms with E-state index in [1.165, 1.54) is 25.4 Å². The van der Waals surface area contributed by atoms with Crippen molar-refractivity contribution >= 4 is 27.7 Å². The van der Waals surface area contributed by atoms with Crippen LogP contribution in [0, 0.1) is 17.5 Å². The Morgan fingerprint density at radius 3 is 2.43 bits per heavy atom. The third-order valence-corrected chi connectivity index (χ3v) is 4.72. The van der Waals surface area contributed by atoms with Gasteiger partial charge in [-0.2, -0.15) is 13.2 Å². The van der Waals surface area contributed by atoms with Gasteiger partial charge in [-0.25, -0.2) is 18.2 Å². The maximum atomic E-state index is 14.0. The van der Waals surface area contributed by atoms with Crippen LogP contribution in [0.1, 0.15) is 15.9 Å². The summed E-state index contributed by atoms with van der Waals surface area (Å²) in [5, 5.41) is 2.21. The second kappa shape index (κ2) is 6.75. The van der Waals surface area contributed by atoms with Crippen LogP contribution in [0.3, 0.4) is 0 Å². The highest BCUT2D eigenvalue weighted by Crippen LogP contribution is 2.37. The van der Waals surface area contributed by atoms with E-state index in [2.05, 4.69) is 15.3 Å². The van der Waals surface area contributed by atoms with Gasteiger partial charge in [-0.1, -0.05) is 0 Å². The summed E-state index contributed by atoms with van der Waals surface area (Å²) < 4.78 is 81.7. The summed E-state index contributed by atoms with van der Waals surface area (Å²) in [6.07, 6.45) is -3.57. The number of aromatic amines is 1. The number of aromatic nitrogens is 2. The average Bonchev–Trinajstić information content (AvgIpc) is 3.13. The molecule has 0 aliphatic carbocycles. The predicted octanol–water partition coefficient (Wildman–Crippen LogP) is 5.18. The van der Waals surface area contributed by atoms with Crippen molar-refractivity contribution in [1.29, 1.82) is 0 Å². The van der Waals surface area contributed by atoms with Crippen LogP contribution in [-0.4, -0.2) is 22.9 Å². The van der Waals surface area contributed by atoms with Gasteiger partial charge < -0.3 is 10.3 Å². The zero-order chi connectivity index (χ0) is 21.8. The van der Waals surface area contributed by atoms with Crippen LogP contribution in [0.15, 0.2) is 36.5 Å². The highest BCUT2D eigenvalue weighted by Gasteiger charge is 2.34. The number of amides is 1. The van der Waals surface area contributed by atoms with Gasteiger partial charge in [0.25, 0.3) is 5.91 Å². The zero-order valence-electron chi connectivity index (χ0n) is 15.1. The van der Waals surface area contributed by atoms with E-state index in [1.54, 1.807) is 0 Å². The van der Waals surface area contributed by atoms with Crippen LogP contribution < -0.4 is 5.32 Å². The van der Waals surface area contributed by atoms with Crippen LogP contribution in [-0.2, 0) is 6.18 Å². The number of benzene rings is 2. The lowest BCUT2D eigenvalue weighted by atomic mass is 10.0. The maximum absolute atomic E-state index is 14.0. The summed E-state index contributed by atoms with van der Waals surface area (Å²) in [5.41, 5.74) is -1.91. The molecule has 0 radical (unpaired) electrons. The van der Waals surface area contributed by atoms with Gasteiger partial charge in [-0.15, -0.1) is 0 Å². The van der Waals surface area contributed by atoms with E-state index < -0.39 is 40.6 Å². The Morgan fingerprint density at radius 2 is 1.77 bits per heavy atom. The molecule has 4 aromatic rings. The minimum atomic E-state index is -4.76. The first kappa shape index (κ1) is 19.7. The Bertz CT molecular complexity index is 1330. The second-order valence-corrected chi connectivity index (χ2v) is 6.44. The summed E-state index contributed by atoms with van der Waals surface area (Å²) in [5.74, 6) is -5.17. The van der Waals surface area contributed by atoms with Crippen molar-refractivity contribution in [3.05, 3.63) is 65.1 Å². The minimum absolute atomic E-state index is 0.0161. The number of nitrogens with one attached hydrogen (secondary N) is 2. The lowest BCUT2D eigenvalue weighted by molar-refractivity contribution is -0.136. The van der Waals surface area contributed by atoms with Crippen molar-refractivity contribution in [3.8, 4) is 11.3 Å². The van der Waals surface area contributed by atoms with Crippen molar-refractivity contribution in [2.24, 2.45) is 0 Å². The van der Waals surface area contributed by atoms with Gasteiger partial charge in [0.05, 0.1) is 22.3 Å². The van der Waals surface area contributed by atoms with Gasteiger partial charge >= 0.3 is 6.18 Å². The van der Waals surface area contributed by atoms with Gasteiger partial charge in [0.1, 0.15) is 0 Å². The lowest BCUT2D eigenvalue weighted by Crippen LogP contribution is -2.19. The minimum Gasteiger partial charge on any atom is -0.358 e. The monoisotopic (exact) mass is 423 g/mol. The van der Waals surface area contributed by atoms with E-state index in [0.29, 0.717) is 0 Å². The van der Waals surface area contributed by atoms with Crippen LogP contribution in [0.2, 0.25) is 0 Å². The Balaban J connectivity index is 2.03. The largest absolute Gasteiger partial charge is 0.418 e. The smallest absolute Gasteiger partial charge is 0.358 e. The van der Waals surface area contributed by atoms with Crippen LogP contribution in [0.25, 0.3) is 33.1 Å². The molecule has 0 saturated heterocycles. The molecule has 0 spiro atoms. The molecule has 0 bridgehead atoms. The molecule has 0 aliphatic rings. The normalized spacial score (nSPS) is 12.0. The quantitative estimate of drug-likeness (QED) is 0.345. The molecule has 4 rings (SSSR count). The van der Waals surface area contributed by atoms with Gasteiger partial charge in [-0.05, 0) is 30.3 Å². The third-order valence-electron chi connectivity index (χ3n) is 4.72. The van der Waals surface area contributed by atoms with Crippen molar-refractivity contribution in [2.45, 2.75) is 6.18 Å². The van der Waals surface area contributed by atoms with E-state index in [4.69, 9.17) is 0 Å². The summed E-state index contributed by atoms with van der Waals surface area (Å²) in [6, 6.07) is 5.11. The van der Waals surface area contributed by atoms with Gasteiger partial charge in [0.15, 0.2) is 17.5 Å². The molecule has 0 atom stereocenters. The van der Waals surface area contributed by atoms with Gasteiger partial charge in [-0.3, -0.25) is 4.79 Å². The fraction of sp³-hybridized carbons (Fsp3) is 0.100. The number of H-pyrrole nitrogens is 1. The number of pyridine rings is 1. The number of carbonyl (C=O) groups is 1. The topological polar surface area (TPSA) is 57.8 Å². The molecule has 1 amide bonds. The first-order valence-corrected chi connectivity index (χ1v) is 8.51. The van der Waals surface area contributed by atoms with Crippen molar-refractivity contribution in [1.82, 2.24) is 15.3 Å². The first-order valence-electron chi connectivity index (χ1n) is 8.51. The van der Waals surface area contributed by atoms with E-state index in [-0.39, 0.29) is 33.1 Å². The molecule has 2 aromatic carbocycles. The fourth-order valence-corrected chi connectivity index (χ4v) is 3.31. The van der Waals surface area contributed by atoms with Crippen molar-refractivity contribution in [2.75, 3.05) is 7.05 Å². The van der Waals surface area contributed by atoms with Crippen LogP contribution >= 0.6 is 0 Å². The summed E-state index contributed by atoms with van der Waals surface area (Å²) in [7, 11) is 1.34. The maximum Gasteiger partial charge on any atom is 0.418 e. The lowest BCUT2D eigenvalue weighted by Gasteiger charge is -2.13. The Labute approximate surface area is 164 Å². The molecule has 2 N–H and O–H groups in total. The van der Waals surface area contributed by atoms with Crippen LogP contribution in [0.4, 0.5) is 26.3 Å². The molecule has 10 heteroatoms. The zero-order valence-corrected chi connectivity index (χ0v) is 15.1. The summed E-state index contributed by atoms with van der Waals surface area (Å²) in [6.45, 7) is 0. The molecule has 154 valence electrons. The Kier molecular flexibility index (Phi) is 4.44. The number of fused-ring (bicyclic) bond motifs is 2. The third kappa shape index (κ3) is 2.95. The second-order valence-electron chi connectivity index (χ2n) is 6.44. The highest BCUT2D eigenvalue weighted by molar-refractivity contribution is 6.07. The molecule has 2 heterocycles. The first-order chi connectivity index (χ1) is 14.1. The van der Waals surface area contributed by atoms with Gasteiger partial charge in [0, 0.05) is 35.1 Å². The van der Waals surface area contributed by atoms with E-state index in [9.17, 15) is 31.1 Å². The Hall–Kier alpha value is -3.56. The number of hydrogen-bond donors (Lipinski definition) is 2. The predicted molar refractivity (Wildman–Crippen MR) is 97.3 cm³/mol. The average molecular weight is 423 g/mol. The Morgan fingerprint density at radius 1 is 1.03 bits per heavy atom. The summed E-state index contributed by atoms with van der Waals surface area (Å²) >= 11 is 0. The van der Waals surface area contributed by atoms with E-state index in [0.717, 1.165) is 18.2 Å². The fourth-order valence-electron chi connectivity index (χ4n) is 3.31. The number of halogens is 6. The molecule has 0 fully saturated rings. The van der Waals surface area contributed by atoms with Gasteiger partial charge in [0.2, 0.25) is 0 Å². The number of rotatable bonds is 2. The molecular formula is C20H11F6N3O. The van der Waals surface area contributed by atoms with Crippen molar-refractivity contribution < 1.29 is 31.1 Å². The number of carbonyl (C=O) groups excluding carboxylic acids is 1. The molecule has 0 unspecified atom stereocenters. The molecule has 0 saturated carbocycles. The number of nitrogens with zero attached hydrogens (tertiary/aromatic N) is 1. The molecular weight excluding hydrogens is 412 g/mol. The molecule has 4 nitrogen and oxygen atoms in total. The number of hydrogen-bond acceptors (Lipinski definition) is 2. The molecule has 0 aliphatic heterocycles. The van der Waals surface area contributed by atoms with Crippen molar-refractivity contribution in [3.63, 3.8) is 0 Å². The van der Waals surface area contributed by atoms with E-state index >= 15 is 0 Å². The standard InChI is InChI=1S/C20H11F6N3O/c1-27-19(30)9-2-4-12(20(24,25)26)17-8(9)3-5-14(29-17)11-7-28-18-10(11)6-13(21)15(22)16(18)23/h2-7,28H,1H3,(H,27,30). The summed E-state index contributed by atoms with van der Waals surface area (Å²) in [4.78, 5) is 18.5. The van der Waals surface area contributed by atoms with E-state index in [1.807, 2.05) is 0 Å².